The van der Waals surface area contributed by atoms with Crippen LogP contribution in [0.1, 0.15) is 28.7 Å². The lowest BCUT2D eigenvalue weighted by molar-refractivity contribution is 0.102. The summed E-state index contributed by atoms with van der Waals surface area (Å²) in [5.41, 5.74) is 2.67. The highest BCUT2D eigenvalue weighted by Crippen LogP contribution is 2.26. The summed E-state index contributed by atoms with van der Waals surface area (Å²) in [6.45, 7) is 5.18. The summed E-state index contributed by atoms with van der Waals surface area (Å²) in [6, 6.07) is 8.09. The summed E-state index contributed by atoms with van der Waals surface area (Å²) in [6.07, 6.45) is 0. The number of nitrogens with one attached hydrogen (secondary N) is 1. The predicted octanol–water partition coefficient (Wildman–Crippen LogP) is 2.63. The molecule has 3 rings (SSSR count). The third-order valence-corrected chi connectivity index (χ3v) is 5.98. The molecule has 0 unspecified atom stereocenters. The summed E-state index contributed by atoms with van der Waals surface area (Å²) >= 11 is 0. The molecule has 0 bridgehead atoms. The molecule has 0 fully saturated rings. The lowest BCUT2D eigenvalue weighted by Crippen LogP contribution is -2.16. The lowest BCUT2D eigenvalue weighted by Gasteiger charge is -2.12. The van der Waals surface area contributed by atoms with Crippen molar-refractivity contribution in [2.24, 2.45) is 7.05 Å². The molecular weight excluding hydrogens is 352 g/mol. The van der Waals surface area contributed by atoms with E-state index < -0.39 is 15.7 Å². The first-order chi connectivity index (χ1) is 12.2. The third-order valence-electron chi connectivity index (χ3n) is 4.19. The SMILES string of the molecule is CCS(=O)(=O)c1ccccc1NC(=O)c1cc(C)nc2c1c(C)nn2C. The van der Waals surface area contributed by atoms with Crippen LogP contribution in [0.15, 0.2) is 35.2 Å². The largest absolute Gasteiger partial charge is 0.321 e. The van der Waals surface area contributed by atoms with E-state index in [1.165, 1.54) is 6.07 Å². The Hall–Kier alpha value is -2.74. The first-order valence-corrected chi connectivity index (χ1v) is 9.84. The summed E-state index contributed by atoms with van der Waals surface area (Å²) in [4.78, 5) is 17.5. The number of nitrogens with zero attached hydrogens (tertiary/aromatic N) is 3. The van der Waals surface area contributed by atoms with Crippen LogP contribution in [-0.2, 0) is 16.9 Å². The van der Waals surface area contributed by atoms with Crippen molar-refractivity contribution in [1.82, 2.24) is 14.8 Å². The van der Waals surface area contributed by atoms with Crippen molar-refractivity contribution in [2.75, 3.05) is 11.1 Å². The van der Waals surface area contributed by atoms with Gasteiger partial charge in [-0.3, -0.25) is 9.48 Å². The van der Waals surface area contributed by atoms with Crippen LogP contribution in [0.4, 0.5) is 5.69 Å². The minimum absolute atomic E-state index is 0.0415. The van der Waals surface area contributed by atoms with Gasteiger partial charge in [0.2, 0.25) is 0 Å². The zero-order chi connectivity index (χ0) is 19.1. The number of carbonyl (C=O) groups is 1. The molecule has 0 aliphatic rings. The number of benzene rings is 1. The first-order valence-electron chi connectivity index (χ1n) is 8.18. The second-order valence-corrected chi connectivity index (χ2v) is 8.32. The maximum absolute atomic E-state index is 12.9. The maximum Gasteiger partial charge on any atom is 0.256 e. The standard InChI is InChI=1S/C18H20N4O3S/c1-5-26(24,25)15-9-7-6-8-14(15)20-18(23)13-10-11(2)19-17-16(13)12(3)21-22(17)4/h6-10H,5H2,1-4H3,(H,20,23). The number of hydrogen-bond donors (Lipinski definition) is 1. The van der Waals surface area contributed by atoms with E-state index in [0.717, 1.165) is 0 Å². The van der Waals surface area contributed by atoms with E-state index in [0.29, 0.717) is 28.0 Å². The molecule has 0 spiro atoms. The van der Waals surface area contributed by atoms with Crippen molar-refractivity contribution in [3.63, 3.8) is 0 Å². The smallest absolute Gasteiger partial charge is 0.256 e. The molecule has 0 aliphatic carbocycles. The Labute approximate surface area is 152 Å². The van der Waals surface area contributed by atoms with Gasteiger partial charge in [-0.05, 0) is 32.0 Å². The topological polar surface area (TPSA) is 93.9 Å². The maximum atomic E-state index is 12.9. The normalized spacial score (nSPS) is 11.7. The first kappa shape index (κ1) is 18.1. The number of carbonyl (C=O) groups excluding carboxylic acids is 1. The Bertz CT molecular complexity index is 1120. The monoisotopic (exact) mass is 372 g/mol. The third kappa shape index (κ3) is 3.08. The number of hydrogen-bond acceptors (Lipinski definition) is 5. The van der Waals surface area contributed by atoms with Gasteiger partial charge in [0, 0.05) is 12.7 Å². The van der Waals surface area contributed by atoms with Crippen LogP contribution in [0, 0.1) is 13.8 Å². The van der Waals surface area contributed by atoms with Crippen molar-refractivity contribution >= 4 is 32.5 Å². The van der Waals surface area contributed by atoms with Crippen LogP contribution < -0.4 is 5.32 Å². The molecule has 2 heterocycles. The zero-order valence-corrected chi connectivity index (χ0v) is 15.9. The lowest BCUT2D eigenvalue weighted by atomic mass is 10.1. The minimum atomic E-state index is -3.45. The highest BCUT2D eigenvalue weighted by Gasteiger charge is 2.21. The second-order valence-electron chi connectivity index (χ2n) is 6.07. The van der Waals surface area contributed by atoms with Gasteiger partial charge in [0.25, 0.3) is 5.91 Å². The highest BCUT2D eigenvalue weighted by atomic mass is 32.2. The number of aryl methyl sites for hydroxylation is 3. The number of anilines is 1. The van der Waals surface area contributed by atoms with E-state index in [1.807, 2.05) is 6.92 Å². The highest BCUT2D eigenvalue weighted by molar-refractivity contribution is 7.91. The van der Waals surface area contributed by atoms with Crippen molar-refractivity contribution < 1.29 is 13.2 Å². The van der Waals surface area contributed by atoms with Gasteiger partial charge >= 0.3 is 0 Å². The van der Waals surface area contributed by atoms with Gasteiger partial charge in [0.1, 0.15) is 0 Å². The Kier molecular flexibility index (Phi) is 4.53. The van der Waals surface area contributed by atoms with Crippen LogP contribution in [-0.4, -0.2) is 34.8 Å². The number of rotatable bonds is 4. The Morgan fingerprint density at radius 1 is 1.23 bits per heavy atom. The van der Waals surface area contributed by atoms with Crippen LogP contribution in [0.5, 0.6) is 0 Å². The van der Waals surface area contributed by atoms with Crippen LogP contribution >= 0.6 is 0 Å². The molecule has 3 aromatic rings. The van der Waals surface area contributed by atoms with E-state index in [2.05, 4.69) is 15.4 Å². The molecule has 26 heavy (non-hydrogen) atoms. The van der Waals surface area contributed by atoms with E-state index in [9.17, 15) is 13.2 Å². The van der Waals surface area contributed by atoms with Crippen molar-refractivity contribution in [3.8, 4) is 0 Å². The molecule has 0 radical (unpaired) electrons. The molecule has 0 saturated carbocycles. The van der Waals surface area contributed by atoms with E-state index in [1.54, 1.807) is 49.8 Å². The molecule has 1 N–H and O–H groups in total. The number of pyridine rings is 1. The summed E-state index contributed by atoms with van der Waals surface area (Å²) in [5, 5.41) is 7.73. The second kappa shape index (κ2) is 6.53. The Morgan fingerprint density at radius 2 is 1.92 bits per heavy atom. The summed E-state index contributed by atoms with van der Waals surface area (Å²) in [5.74, 6) is -0.435. The zero-order valence-electron chi connectivity index (χ0n) is 15.1. The predicted molar refractivity (Wildman–Crippen MR) is 100 cm³/mol. The van der Waals surface area contributed by atoms with Gasteiger partial charge in [0.15, 0.2) is 15.5 Å². The minimum Gasteiger partial charge on any atom is -0.321 e. The average Bonchev–Trinajstić information content (AvgIpc) is 2.88. The number of para-hydroxylation sites is 1. The van der Waals surface area contributed by atoms with Gasteiger partial charge in [-0.2, -0.15) is 5.10 Å². The van der Waals surface area contributed by atoms with Crippen LogP contribution in [0.2, 0.25) is 0 Å². The van der Waals surface area contributed by atoms with Crippen LogP contribution in [0.25, 0.3) is 11.0 Å². The fraction of sp³-hybridized carbons (Fsp3) is 0.278. The number of aromatic nitrogens is 3. The number of sulfone groups is 1. The van der Waals surface area contributed by atoms with Gasteiger partial charge < -0.3 is 5.32 Å². The average molecular weight is 372 g/mol. The van der Waals surface area contributed by atoms with Crippen molar-refractivity contribution in [1.29, 1.82) is 0 Å². The van der Waals surface area contributed by atoms with E-state index in [-0.39, 0.29) is 16.3 Å². The molecular formula is C18H20N4O3S. The molecule has 0 atom stereocenters. The summed E-state index contributed by atoms with van der Waals surface area (Å²) in [7, 11) is -1.68. The molecule has 2 aromatic heterocycles. The Balaban J connectivity index is 2.10. The van der Waals surface area contributed by atoms with E-state index >= 15 is 0 Å². The van der Waals surface area contributed by atoms with E-state index in [4.69, 9.17) is 0 Å². The molecule has 7 nitrogen and oxygen atoms in total. The molecule has 0 saturated heterocycles. The van der Waals surface area contributed by atoms with Gasteiger partial charge in [0.05, 0.1) is 33.0 Å². The van der Waals surface area contributed by atoms with Gasteiger partial charge in [-0.15, -0.1) is 0 Å². The van der Waals surface area contributed by atoms with Crippen molar-refractivity contribution in [2.45, 2.75) is 25.7 Å². The number of fused-ring (bicyclic) bond motifs is 1. The molecule has 8 heteroatoms. The Morgan fingerprint density at radius 3 is 2.62 bits per heavy atom. The molecule has 136 valence electrons. The number of amides is 1. The van der Waals surface area contributed by atoms with Crippen LogP contribution in [0.3, 0.4) is 0 Å². The fourth-order valence-electron chi connectivity index (χ4n) is 2.94. The quantitative estimate of drug-likeness (QED) is 0.760. The fourth-order valence-corrected chi connectivity index (χ4v) is 3.99. The van der Waals surface area contributed by atoms with Gasteiger partial charge in [-0.25, -0.2) is 13.4 Å². The molecule has 1 aromatic carbocycles. The molecule has 1 amide bonds. The summed E-state index contributed by atoms with van der Waals surface area (Å²) < 4.78 is 26.2. The van der Waals surface area contributed by atoms with Gasteiger partial charge in [-0.1, -0.05) is 19.1 Å². The van der Waals surface area contributed by atoms with Crippen molar-refractivity contribution in [3.05, 3.63) is 47.3 Å². The molecule has 0 aliphatic heterocycles.